The Labute approximate surface area is 72.8 Å². The highest BCUT2D eigenvalue weighted by Crippen LogP contribution is 2.16. The summed E-state index contributed by atoms with van der Waals surface area (Å²) in [5.41, 5.74) is 0. The molecule has 0 saturated carbocycles. The number of nitrogens with one attached hydrogen (secondary N) is 1. The molecule has 0 aromatic rings. The molecule has 0 atom stereocenters. The number of hydrogen-bond donors (Lipinski definition) is 2. The highest BCUT2D eigenvalue weighted by atomic mass is 28.4. The second-order valence-corrected chi connectivity index (χ2v) is 11.8. The van der Waals surface area contributed by atoms with Crippen molar-refractivity contribution in [1.29, 1.82) is 0 Å². The van der Waals surface area contributed by atoms with Crippen molar-refractivity contribution >= 4 is 17.2 Å². The summed E-state index contributed by atoms with van der Waals surface area (Å²) >= 11 is 0. The van der Waals surface area contributed by atoms with E-state index in [4.69, 9.17) is 0 Å². The molecule has 0 rings (SSSR count). The lowest BCUT2D eigenvalue weighted by Crippen LogP contribution is -2.64. The van der Waals surface area contributed by atoms with E-state index in [0.717, 1.165) is 0 Å². The first kappa shape index (κ1) is 11.4. The fourth-order valence-electron chi connectivity index (χ4n) is 0.778. The Kier molecular flexibility index (Phi) is 3.50. The highest BCUT2D eigenvalue weighted by Gasteiger charge is 2.37. The maximum Gasteiger partial charge on any atom is 0.146 e. The highest BCUT2D eigenvalue weighted by molar-refractivity contribution is 6.85. The fourth-order valence-corrected chi connectivity index (χ4v) is 7.00. The average Bonchev–Trinajstić information content (AvgIpc) is 1.56. The first-order valence-electron chi connectivity index (χ1n) is 3.97. The lowest BCUT2D eigenvalue weighted by molar-refractivity contribution is 0.154. The fraction of sp³-hybridized carbons (Fsp3) is 1.00. The van der Waals surface area contributed by atoms with Crippen LogP contribution < -0.4 is 4.65 Å². The molecule has 0 aromatic carbocycles. The van der Waals surface area contributed by atoms with E-state index in [0.29, 0.717) is 0 Å². The van der Waals surface area contributed by atoms with Gasteiger partial charge in [0.2, 0.25) is 0 Å². The van der Waals surface area contributed by atoms with E-state index in [1.165, 1.54) is 0 Å². The molecule has 4 heteroatoms. The van der Waals surface area contributed by atoms with Gasteiger partial charge in [-0.25, -0.2) is 0 Å². The standard InChI is InChI=1S/C7H20NOSi2/c1-7(2,9)11(5,6)8-10(3)4/h8-9H,1-6H3. The zero-order chi connectivity index (χ0) is 9.28. The lowest BCUT2D eigenvalue weighted by atomic mass is 10.5. The van der Waals surface area contributed by atoms with Crippen molar-refractivity contribution in [3.63, 3.8) is 0 Å². The van der Waals surface area contributed by atoms with Gasteiger partial charge in [0.1, 0.15) is 17.2 Å². The molecule has 0 unspecified atom stereocenters. The minimum atomic E-state index is -1.62. The molecule has 11 heavy (non-hydrogen) atoms. The summed E-state index contributed by atoms with van der Waals surface area (Å²) in [6.07, 6.45) is 0. The van der Waals surface area contributed by atoms with Gasteiger partial charge in [-0.3, -0.25) is 0 Å². The summed E-state index contributed by atoms with van der Waals surface area (Å²) in [6, 6.07) is 0. The second kappa shape index (κ2) is 3.39. The third kappa shape index (κ3) is 3.51. The summed E-state index contributed by atoms with van der Waals surface area (Å²) in [6.45, 7) is 12.6. The first-order valence-corrected chi connectivity index (χ1v) is 9.47. The zero-order valence-corrected chi connectivity index (χ0v) is 10.4. The largest absolute Gasteiger partial charge is 0.392 e. The Morgan fingerprint density at radius 1 is 1.27 bits per heavy atom. The van der Waals surface area contributed by atoms with Crippen molar-refractivity contribution in [2.24, 2.45) is 0 Å². The van der Waals surface area contributed by atoms with Crippen LogP contribution in [0.15, 0.2) is 0 Å². The number of rotatable bonds is 3. The Morgan fingerprint density at radius 3 is 1.73 bits per heavy atom. The van der Waals surface area contributed by atoms with Gasteiger partial charge in [-0.1, -0.05) is 26.2 Å². The van der Waals surface area contributed by atoms with Crippen LogP contribution >= 0.6 is 0 Å². The van der Waals surface area contributed by atoms with Gasteiger partial charge in [0.25, 0.3) is 0 Å². The van der Waals surface area contributed by atoms with Gasteiger partial charge in [0.05, 0.1) is 5.22 Å². The third-order valence-electron chi connectivity index (χ3n) is 2.09. The van der Waals surface area contributed by atoms with E-state index >= 15 is 0 Å². The predicted octanol–water partition coefficient (Wildman–Crippen LogP) is 1.34. The minimum Gasteiger partial charge on any atom is -0.392 e. The van der Waals surface area contributed by atoms with Crippen molar-refractivity contribution < 1.29 is 5.11 Å². The summed E-state index contributed by atoms with van der Waals surface area (Å²) in [5.74, 6) is 0. The maximum atomic E-state index is 9.81. The molecule has 0 aliphatic heterocycles. The van der Waals surface area contributed by atoms with E-state index < -0.39 is 22.4 Å². The van der Waals surface area contributed by atoms with Crippen LogP contribution in [0.4, 0.5) is 0 Å². The van der Waals surface area contributed by atoms with Crippen LogP contribution in [0.1, 0.15) is 13.8 Å². The molecular weight excluding hydrogens is 170 g/mol. The molecule has 0 fully saturated rings. The number of hydrogen-bond acceptors (Lipinski definition) is 2. The summed E-state index contributed by atoms with van der Waals surface area (Å²) in [4.78, 5) is 0. The van der Waals surface area contributed by atoms with Crippen molar-refractivity contribution in [3.8, 4) is 0 Å². The van der Waals surface area contributed by atoms with Crippen LogP contribution in [0.25, 0.3) is 0 Å². The van der Waals surface area contributed by atoms with Crippen molar-refractivity contribution in [2.75, 3.05) is 0 Å². The summed E-state index contributed by atoms with van der Waals surface area (Å²) in [5, 5.41) is 9.29. The van der Waals surface area contributed by atoms with Crippen LogP contribution in [0.5, 0.6) is 0 Å². The molecule has 0 heterocycles. The normalized spacial score (nSPS) is 14.2. The molecule has 0 bridgehead atoms. The first-order chi connectivity index (χ1) is 4.67. The average molecular weight is 190 g/mol. The molecule has 2 nitrogen and oxygen atoms in total. The van der Waals surface area contributed by atoms with Gasteiger partial charge >= 0.3 is 0 Å². The molecule has 2 N–H and O–H groups in total. The molecule has 0 spiro atoms. The molecule has 0 aliphatic rings. The molecule has 67 valence electrons. The van der Waals surface area contributed by atoms with Crippen LogP contribution in [-0.4, -0.2) is 27.5 Å². The van der Waals surface area contributed by atoms with E-state index in [9.17, 15) is 5.11 Å². The van der Waals surface area contributed by atoms with E-state index in [2.05, 4.69) is 30.8 Å². The number of aliphatic hydroxyl groups is 1. The van der Waals surface area contributed by atoms with Gasteiger partial charge in [0, 0.05) is 0 Å². The molecule has 0 aliphatic carbocycles. The van der Waals surface area contributed by atoms with Gasteiger partial charge in [-0.2, -0.15) is 0 Å². The van der Waals surface area contributed by atoms with E-state index in [1.807, 2.05) is 13.8 Å². The smallest absolute Gasteiger partial charge is 0.146 e. The Bertz CT molecular complexity index is 129. The van der Waals surface area contributed by atoms with E-state index in [-0.39, 0.29) is 0 Å². The Hall–Kier alpha value is 0.354. The monoisotopic (exact) mass is 190 g/mol. The summed E-state index contributed by atoms with van der Waals surface area (Å²) < 4.78 is 3.55. The molecule has 0 saturated heterocycles. The van der Waals surface area contributed by atoms with Crippen molar-refractivity contribution in [1.82, 2.24) is 4.65 Å². The van der Waals surface area contributed by atoms with Gasteiger partial charge in [-0.15, -0.1) is 0 Å². The van der Waals surface area contributed by atoms with Gasteiger partial charge in [0.15, 0.2) is 0 Å². The van der Waals surface area contributed by atoms with Crippen LogP contribution in [-0.2, 0) is 0 Å². The molecule has 0 aromatic heterocycles. The molecule has 1 radical (unpaired) electrons. The van der Waals surface area contributed by atoms with Crippen LogP contribution in [0, 0.1) is 0 Å². The zero-order valence-electron chi connectivity index (χ0n) is 8.45. The van der Waals surface area contributed by atoms with Gasteiger partial charge < -0.3 is 9.75 Å². The Morgan fingerprint density at radius 2 is 1.64 bits per heavy atom. The van der Waals surface area contributed by atoms with Crippen LogP contribution in [0.3, 0.4) is 0 Å². The predicted molar refractivity (Wildman–Crippen MR) is 54.4 cm³/mol. The Balaban J connectivity index is 4.22. The lowest BCUT2D eigenvalue weighted by Gasteiger charge is -2.37. The van der Waals surface area contributed by atoms with Crippen molar-refractivity contribution in [2.45, 2.75) is 45.3 Å². The summed E-state index contributed by atoms with van der Waals surface area (Å²) in [7, 11) is -2.04. The van der Waals surface area contributed by atoms with Crippen molar-refractivity contribution in [3.05, 3.63) is 0 Å². The topological polar surface area (TPSA) is 32.3 Å². The maximum absolute atomic E-state index is 9.81. The van der Waals surface area contributed by atoms with E-state index in [1.54, 1.807) is 0 Å². The minimum absolute atomic E-state index is 0.422. The van der Waals surface area contributed by atoms with Gasteiger partial charge in [-0.05, 0) is 13.8 Å². The second-order valence-electron chi connectivity index (χ2n) is 4.31. The van der Waals surface area contributed by atoms with Crippen LogP contribution in [0.2, 0.25) is 26.2 Å². The molecule has 0 amide bonds. The third-order valence-corrected chi connectivity index (χ3v) is 9.65. The quantitative estimate of drug-likeness (QED) is 0.658. The molecular formula is C7H20NOSi2. The SMILES string of the molecule is C[Si](C)N[Si](C)(C)C(C)(C)O.